The lowest BCUT2D eigenvalue weighted by molar-refractivity contribution is -0.119. The third-order valence-electron chi connectivity index (χ3n) is 4.58. The summed E-state index contributed by atoms with van der Waals surface area (Å²) in [7, 11) is -4.17. The number of esters is 1. The second kappa shape index (κ2) is 10.5. The van der Waals surface area contributed by atoms with E-state index in [9.17, 15) is 27.2 Å². The third-order valence-corrected chi connectivity index (χ3v) is 6.49. The van der Waals surface area contributed by atoms with Crippen molar-refractivity contribution in [2.75, 3.05) is 43.5 Å². The Morgan fingerprint density at radius 1 is 1.03 bits per heavy atom. The lowest BCUT2D eigenvalue weighted by atomic mass is 10.2. The molecule has 3 rings (SSSR count). The number of rotatable bonds is 7. The van der Waals surface area contributed by atoms with Crippen LogP contribution in [0.25, 0.3) is 0 Å². The lowest BCUT2D eigenvalue weighted by Crippen LogP contribution is -2.41. The van der Waals surface area contributed by atoms with Crippen molar-refractivity contribution in [2.45, 2.75) is 11.8 Å². The minimum atomic E-state index is -4.17. The average molecular weight is 479 g/mol. The number of ether oxygens (including phenoxy) is 2. The molecule has 1 heterocycles. The first-order valence-corrected chi connectivity index (χ1v) is 11.3. The number of hydrogen-bond acceptors (Lipinski definition) is 7. The summed E-state index contributed by atoms with van der Waals surface area (Å²) in [4.78, 5) is 34.8. The van der Waals surface area contributed by atoms with Crippen LogP contribution in [-0.4, -0.2) is 63.4 Å². The van der Waals surface area contributed by atoms with E-state index in [0.717, 1.165) is 22.5 Å². The highest BCUT2D eigenvalue weighted by Gasteiger charge is 2.30. The molecule has 10 nitrogen and oxygen atoms in total. The van der Waals surface area contributed by atoms with Gasteiger partial charge < -0.3 is 20.1 Å². The van der Waals surface area contributed by atoms with Gasteiger partial charge in [0.15, 0.2) is 6.61 Å². The molecule has 1 aliphatic heterocycles. The van der Waals surface area contributed by atoms with Gasteiger partial charge in [-0.2, -0.15) is 4.31 Å². The summed E-state index contributed by atoms with van der Waals surface area (Å²) in [5.41, 5.74) is 0.743. The van der Waals surface area contributed by atoms with Crippen LogP contribution in [0.3, 0.4) is 0 Å². The van der Waals surface area contributed by atoms with E-state index in [1.807, 2.05) is 0 Å². The van der Waals surface area contributed by atoms with Gasteiger partial charge >= 0.3 is 5.97 Å². The highest BCUT2D eigenvalue weighted by Crippen LogP contribution is 2.22. The number of benzene rings is 2. The van der Waals surface area contributed by atoms with Crippen LogP contribution in [0, 0.1) is 5.82 Å². The maximum atomic E-state index is 14.3. The maximum absolute atomic E-state index is 14.3. The minimum Gasteiger partial charge on any atom is -0.452 e. The molecule has 2 amide bonds. The van der Waals surface area contributed by atoms with E-state index in [2.05, 4.69) is 10.6 Å². The molecule has 176 valence electrons. The highest BCUT2D eigenvalue weighted by molar-refractivity contribution is 7.89. The van der Waals surface area contributed by atoms with Gasteiger partial charge in [-0.05, 0) is 42.5 Å². The zero-order chi connectivity index (χ0) is 24.0. The quantitative estimate of drug-likeness (QED) is 0.577. The van der Waals surface area contributed by atoms with Crippen molar-refractivity contribution in [3.63, 3.8) is 0 Å². The molecule has 0 spiro atoms. The summed E-state index contributed by atoms with van der Waals surface area (Å²) in [5.74, 6) is -2.86. The van der Waals surface area contributed by atoms with E-state index < -0.39 is 39.2 Å². The minimum absolute atomic E-state index is 0.0718. The molecule has 1 aliphatic rings. The Morgan fingerprint density at radius 2 is 1.64 bits per heavy atom. The average Bonchev–Trinajstić information content (AvgIpc) is 2.79. The Morgan fingerprint density at radius 3 is 2.24 bits per heavy atom. The molecule has 0 saturated carbocycles. The van der Waals surface area contributed by atoms with Crippen LogP contribution in [-0.2, 0) is 29.1 Å². The van der Waals surface area contributed by atoms with E-state index in [0.29, 0.717) is 11.4 Å². The van der Waals surface area contributed by atoms with Gasteiger partial charge in [0.05, 0.1) is 18.8 Å². The van der Waals surface area contributed by atoms with Crippen LogP contribution in [0.15, 0.2) is 47.4 Å². The summed E-state index contributed by atoms with van der Waals surface area (Å²) in [6, 6.07) is 9.09. The molecule has 12 heteroatoms. The number of amides is 2. The normalized spacial score (nSPS) is 14.4. The van der Waals surface area contributed by atoms with E-state index in [1.165, 1.54) is 6.92 Å². The number of carbonyl (C=O) groups is 3. The molecular formula is C21H22FN3O7S. The van der Waals surface area contributed by atoms with Gasteiger partial charge in [0, 0.05) is 31.4 Å². The van der Waals surface area contributed by atoms with Crippen LogP contribution < -0.4 is 10.6 Å². The van der Waals surface area contributed by atoms with Gasteiger partial charge in [-0.15, -0.1) is 0 Å². The van der Waals surface area contributed by atoms with Crippen molar-refractivity contribution < 1.29 is 36.7 Å². The van der Waals surface area contributed by atoms with E-state index in [1.54, 1.807) is 24.3 Å². The van der Waals surface area contributed by atoms with Crippen LogP contribution in [0.1, 0.15) is 17.3 Å². The second-order valence-electron chi connectivity index (χ2n) is 7.04. The Balaban J connectivity index is 1.61. The molecule has 0 radical (unpaired) electrons. The first kappa shape index (κ1) is 24.3. The predicted molar refractivity (Wildman–Crippen MR) is 116 cm³/mol. The van der Waals surface area contributed by atoms with Crippen molar-refractivity contribution in [1.82, 2.24) is 4.31 Å². The van der Waals surface area contributed by atoms with Gasteiger partial charge in [-0.25, -0.2) is 17.6 Å². The first-order chi connectivity index (χ1) is 15.7. The van der Waals surface area contributed by atoms with Gasteiger partial charge in [0.2, 0.25) is 15.9 Å². The van der Waals surface area contributed by atoms with Crippen LogP contribution in [0.2, 0.25) is 0 Å². The number of nitrogens with one attached hydrogen (secondary N) is 2. The molecule has 2 aromatic carbocycles. The largest absolute Gasteiger partial charge is 0.452 e. The number of nitrogens with zero attached hydrogens (tertiary/aromatic N) is 1. The zero-order valence-corrected chi connectivity index (χ0v) is 18.5. The number of sulfonamides is 1. The first-order valence-electron chi connectivity index (χ1n) is 9.89. The van der Waals surface area contributed by atoms with Crippen molar-refractivity contribution >= 4 is 39.2 Å². The number of halogens is 1. The highest BCUT2D eigenvalue weighted by atomic mass is 32.2. The Labute approximate surface area is 189 Å². The lowest BCUT2D eigenvalue weighted by Gasteiger charge is -2.26. The second-order valence-corrected chi connectivity index (χ2v) is 8.95. The summed E-state index contributed by atoms with van der Waals surface area (Å²) in [6.45, 7) is 1.24. The standard InChI is InChI=1S/C21H22FN3O7S/c1-14(26)23-16-3-5-17(6-4-16)24-20(27)13-32-21(28)15-2-7-18(22)19(12-15)33(29,30)25-8-10-31-11-9-25/h2-7,12H,8-11,13H2,1H3,(H,23,26)(H,24,27). The molecule has 33 heavy (non-hydrogen) atoms. The Hall–Kier alpha value is -3.35. The predicted octanol–water partition coefficient (Wildman–Crippen LogP) is 1.60. The smallest absolute Gasteiger partial charge is 0.338 e. The topological polar surface area (TPSA) is 131 Å². The summed E-state index contributed by atoms with van der Waals surface area (Å²) >= 11 is 0. The van der Waals surface area contributed by atoms with Gasteiger partial charge in [-0.3, -0.25) is 9.59 Å². The number of carbonyl (C=O) groups excluding carboxylic acids is 3. The molecule has 0 atom stereocenters. The molecule has 0 aliphatic carbocycles. The van der Waals surface area contributed by atoms with Crippen molar-refractivity contribution in [3.05, 3.63) is 53.8 Å². The Kier molecular flexibility index (Phi) is 7.74. The summed E-state index contributed by atoms with van der Waals surface area (Å²) < 4.78 is 50.8. The SMILES string of the molecule is CC(=O)Nc1ccc(NC(=O)COC(=O)c2ccc(F)c(S(=O)(=O)N3CCOCC3)c2)cc1. The maximum Gasteiger partial charge on any atom is 0.338 e. The molecule has 2 N–H and O–H groups in total. The fourth-order valence-corrected chi connectivity index (χ4v) is 4.50. The molecule has 0 unspecified atom stereocenters. The van der Waals surface area contributed by atoms with Gasteiger partial charge in [0.25, 0.3) is 5.91 Å². The fraction of sp³-hybridized carbons (Fsp3) is 0.286. The summed E-state index contributed by atoms with van der Waals surface area (Å²) in [6.07, 6.45) is 0. The molecule has 0 bridgehead atoms. The van der Waals surface area contributed by atoms with Crippen molar-refractivity contribution in [3.8, 4) is 0 Å². The number of morpholine rings is 1. The molecular weight excluding hydrogens is 457 g/mol. The molecule has 2 aromatic rings. The number of anilines is 2. The van der Waals surface area contributed by atoms with Gasteiger partial charge in [0.1, 0.15) is 10.7 Å². The van der Waals surface area contributed by atoms with Gasteiger partial charge in [-0.1, -0.05) is 0 Å². The third kappa shape index (κ3) is 6.34. The zero-order valence-electron chi connectivity index (χ0n) is 17.7. The van der Waals surface area contributed by atoms with E-state index in [4.69, 9.17) is 9.47 Å². The Bertz CT molecular complexity index is 1150. The van der Waals surface area contributed by atoms with Crippen LogP contribution in [0.4, 0.5) is 15.8 Å². The van der Waals surface area contributed by atoms with E-state index in [-0.39, 0.29) is 37.8 Å². The fourth-order valence-electron chi connectivity index (χ4n) is 3.01. The monoisotopic (exact) mass is 479 g/mol. The van der Waals surface area contributed by atoms with Crippen LogP contribution in [0.5, 0.6) is 0 Å². The van der Waals surface area contributed by atoms with Crippen molar-refractivity contribution in [2.24, 2.45) is 0 Å². The molecule has 0 aromatic heterocycles. The number of hydrogen-bond donors (Lipinski definition) is 2. The summed E-state index contributed by atoms with van der Waals surface area (Å²) in [5, 5.41) is 5.10. The van der Waals surface area contributed by atoms with Crippen LogP contribution >= 0.6 is 0 Å². The molecule has 1 saturated heterocycles. The molecule has 1 fully saturated rings. The van der Waals surface area contributed by atoms with E-state index >= 15 is 0 Å². The van der Waals surface area contributed by atoms with Crippen molar-refractivity contribution in [1.29, 1.82) is 0 Å².